The van der Waals surface area contributed by atoms with E-state index in [1.807, 2.05) is 0 Å². The van der Waals surface area contributed by atoms with Crippen LogP contribution in [-0.2, 0) is 51.1 Å². The molecular formula is C42H83N3O15P2. The van der Waals surface area contributed by atoms with Crippen molar-refractivity contribution in [2.45, 2.75) is 155 Å². The Kier molecular flexibility index (Phi) is 42.2. The van der Waals surface area contributed by atoms with Crippen molar-refractivity contribution in [3.63, 3.8) is 0 Å². The molecule has 0 bridgehead atoms. The summed E-state index contributed by atoms with van der Waals surface area (Å²) in [6.07, 6.45) is 16.6. The number of ether oxygens (including phenoxy) is 3. The number of carbonyl (C=O) groups is 2. The number of alkyl carbamates (subject to hydrolysis) is 1. The number of hydrogen-bond donors (Lipinski definition) is 5. The van der Waals surface area contributed by atoms with Crippen LogP contribution in [-0.4, -0.2) is 126 Å². The van der Waals surface area contributed by atoms with E-state index < -0.39 is 41.0 Å². The first-order chi connectivity index (χ1) is 30.0. The maximum absolute atomic E-state index is 12.6. The highest BCUT2D eigenvalue weighted by atomic mass is 31.2. The average molecular weight is 932 g/mol. The minimum absolute atomic E-state index is 0.0229. The SMILES string of the molecule is C=CCOP(OCCCOCC[C@@H](CCCCCCC)OO)OCCNC(=O)NCCOP(OCC=C)OC[C@@H](COCC[C@@H](CCCCCCC)OO)NC(=O)OC(C)(C)C. The lowest BCUT2D eigenvalue weighted by atomic mass is 10.1. The fraction of sp³-hybridized carbons (Fsp3) is 0.857. The van der Waals surface area contributed by atoms with E-state index in [1.165, 1.54) is 25.7 Å². The van der Waals surface area contributed by atoms with Gasteiger partial charge in [-0.3, -0.25) is 10.5 Å². The van der Waals surface area contributed by atoms with Gasteiger partial charge in [0, 0.05) is 45.8 Å². The summed E-state index contributed by atoms with van der Waals surface area (Å²) in [4.78, 5) is 34.3. The number of urea groups is 1. The second kappa shape index (κ2) is 43.3. The number of rotatable bonds is 45. The maximum atomic E-state index is 12.6. The molecule has 20 heteroatoms. The van der Waals surface area contributed by atoms with Crippen molar-refractivity contribution in [1.82, 2.24) is 16.0 Å². The largest absolute Gasteiger partial charge is 0.444 e. The second-order valence-electron chi connectivity index (χ2n) is 15.4. The molecule has 0 aromatic rings. The summed E-state index contributed by atoms with van der Waals surface area (Å²) in [5.74, 6) is 0. The quantitative estimate of drug-likeness (QED) is 0.0126. The van der Waals surface area contributed by atoms with E-state index in [0.717, 1.165) is 51.4 Å². The summed E-state index contributed by atoms with van der Waals surface area (Å²) >= 11 is 0. The Morgan fingerprint density at radius 2 is 1.10 bits per heavy atom. The lowest BCUT2D eigenvalue weighted by molar-refractivity contribution is -0.282. The fourth-order valence-electron chi connectivity index (χ4n) is 5.35. The van der Waals surface area contributed by atoms with E-state index in [9.17, 15) is 20.1 Å². The first kappa shape index (κ1) is 60.4. The Balaban J connectivity index is 4.63. The Morgan fingerprint density at radius 3 is 1.60 bits per heavy atom. The van der Waals surface area contributed by atoms with Gasteiger partial charge in [-0.2, -0.15) is 0 Å². The molecule has 0 aliphatic rings. The van der Waals surface area contributed by atoms with E-state index in [1.54, 1.807) is 32.9 Å². The summed E-state index contributed by atoms with van der Waals surface area (Å²) in [5, 5.41) is 26.7. The summed E-state index contributed by atoms with van der Waals surface area (Å²) in [5.41, 5.74) is -0.710. The van der Waals surface area contributed by atoms with Crippen LogP contribution in [0.3, 0.4) is 0 Å². The molecule has 0 aliphatic heterocycles. The smallest absolute Gasteiger partial charge is 0.408 e. The van der Waals surface area contributed by atoms with E-state index in [4.69, 9.17) is 41.4 Å². The predicted molar refractivity (Wildman–Crippen MR) is 242 cm³/mol. The van der Waals surface area contributed by atoms with Crippen molar-refractivity contribution in [3.05, 3.63) is 25.3 Å². The summed E-state index contributed by atoms with van der Waals surface area (Å²) in [6.45, 7) is 19.6. The molecule has 0 aliphatic carbocycles. The minimum Gasteiger partial charge on any atom is -0.444 e. The van der Waals surface area contributed by atoms with Gasteiger partial charge in [0.25, 0.3) is 0 Å². The Bertz CT molecular complexity index is 1070. The molecule has 0 saturated carbocycles. The number of amides is 3. The van der Waals surface area contributed by atoms with Crippen molar-refractivity contribution < 1.29 is 71.2 Å². The molecule has 18 nitrogen and oxygen atoms in total. The van der Waals surface area contributed by atoms with E-state index in [-0.39, 0.29) is 64.9 Å². The molecule has 0 aromatic carbocycles. The van der Waals surface area contributed by atoms with Gasteiger partial charge in [-0.1, -0.05) is 90.2 Å². The zero-order chi connectivity index (χ0) is 45.9. The number of unbranched alkanes of at least 4 members (excludes halogenated alkanes) is 8. The summed E-state index contributed by atoms with van der Waals surface area (Å²) < 4.78 is 51.4. The van der Waals surface area contributed by atoms with Gasteiger partial charge in [0.15, 0.2) is 0 Å². The van der Waals surface area contributed by atoms with Crippen LogP contribution < -0.4 is 16.0 Å². The zero-order valence-corrected chi connectivity index (χ0v) is 40.3. The molecule has 0 saturated heterocycles. The van der Waals surface area contributed by atoms with Crippen LogP contribution in [0.5, 0.6) is 0 Å². The van der Waals surface area contributed by atoms with Gasteiger partial charge in [0.2, 0.25) is 0 Å². The fourth-order valence-corrected chi connectivity index (χ4v) is 7.31. The molecule has 3 amide bonds. The van der Waals surface area contributed by atoms with E-state index >= 15 is 0 Å². The number of hydrogen-bond acceptors (Lipinski definition) is 15. The lowest BCUT2D eigenvalue weighted by Crippen LogP contribution is -2.44. The first-order valence-electron chi connectivity index (χ1n) is 22.4. The monoisotopic (exact) mass is 932 g/mol. The van der Waals surface area contributed by atoms with E-state index in [2.05, 4.69) is 52.7 Å². The predicted octanol–water partition coefficient (Wildman–Crippen LogP) is 9.75. The molecule has 0 heterocycles. The number of carbonyl (C=O) groups excluding carboxylic acids is 2. The van der Waals surface area contributed by atoms with Gasteiger partial charge in [0.1, 0.15) is 5.60 Å². The van der Waals surface area contributed by atoms with Crippen molar-refractivity contribution in [1.29, 1.82) is 0 Å². The summed E-state index contributed by atoms with van der Waals surface area (Å²) in [7, 11) is -3.55. The van der Waals surface area contributed by atoms with E-state index in [0.29, 0.717) is 45.7 Å². The standard InChI is InChI=1S/C42H83N3O15P2/c1-8-12-14-16-18-21-38(59-48)23-31-50-29-20-30-54-61(52-27-10-3)55-33-25-43-40(46)44-26-34-56-62(53-28-11-4)57-36-37(45-41(47)58-42(5,6)7)35-51-32-24-39(60-49)22-19-17-15-13-9-2/h10-11,37-39,48-49H,3-4,8-9,12-36H2,1-2,5-7H3,(H,45,47)(H2,43,44,46)/t37-,38-,39-,61?,62?/m1/s1. The number of nitrogens with one attached hydrogen (secondary N) is 3. The van der Waals surface area contributed by atoms with Gasteiger partial charge >= 0.3 is 29.3 Å². The molecule has 2 unspecified atom stereocenters. The molecule has 0 spiro atoms. The Morgan fingerprint density at radius 1 is 0.597 bits per heavy atom. The van der Waals surface area contributed by atoms with Gasteiger partial charge in [-0.25, -0.2) is 19.4 Å². The van der Waals surface area contributed by atoms with Crippen LogP contribution in [0.2, 0.25) is 0 Å². The van der Waals surface area contributed by atoms with Crippen molar-refractivity contribution in [2.24, 2.45) is 0 Å². The first-order valence-corrected chi connectivity index (χ1v) is 24.6. The molecular weight excluding hydrogens is 848 g/mol. The highest BCUT2D eigenvalue weighted by Gasteiger charge is 2.23. The van der Waals surface area contributed by atoms with Gasteiger partial charge < -0.3 is 57.3 Å². The highest BCUT2D eigenvalue weighted by molar-refractivity contribution is 7.41. The molecule has 0 fully saturated rings. The zero-order valence-electron chi connectivity index (χ0n) is 38.5. The van der Waals surface area contributed by atoms with Crippen molar-refractivity contribution in [3.8, 4) is 0 Å². The third-order valence-electron chi connectivity index (χ3n) is 8.54. The van der Waals surface area contributed by atoms with Crippen molar-refractivity contribution in [2.75, 3.05) is 79.2 Å². The van der Waals surface area contributed by atoms with Crippen LogP contribution in [0.4, 0.5) is 9.59 Å². The van der Waals surface area contributed by atoms with Gasteiger partial charge in [-0.05, 0) is 40.0 Å². The maximum Gasteiger partial charge on any atom is 0.408 e. The van der Waals surface area contributed by atoms with Crippen LogP contribution in [0.1, 0.15) is 131 Å². The van der Waals surface area contributed by atoms with Crippen LogP contribution in [0.15, 0.2) is 25.3 Å². The molecule has 366 valence electrons. The molecule has 62 heavy (non-hydrogen) atoms. The van der Waals surface area contributed by atoms with Crippen LogP contribution >= 0.6 is 17.2 Å². The second-order valence-corrected chi connectivity index (χ2v) is 17.9. The molecule has 5 N–H and O–H groups in total. The molecule has 0 rings (SSSR count). The summed E-state index contributed by atoms with van der Waals surface area (Å²) in [6, 6.07) is -1.05. The Labute approximate surface area is 375 Å². The minimum atomic E-state index is -1.89. The topological polar surface area (TPSA) is 212 Å². The van der Waals surface area contributed by atoms with Gasteiger partial charge in [0.05, 0.1) is 64.5 Å². The highest BCUT2D eigenvalue weighted by Crippen LogP contribution is 2.40. The Hall–Kier alpha value is -1.60. The van der Waals surface area contributed by atoms with Gasteiger partial charge in [-0.15, -0.1) is 13.2 Å². The molecule has 0 aromatic heterocycles. The molecule has 0 radical (unpaired) electrons. The lowest BCUT2D eigenvalue weighted by Gasteiger charge is -2.25. The normalized spacial score (nSPS) is 14.1. The third-order valence-corrected chi connectivity index (χ3v) is 10.8. The van der Waals surface area contributed by atoms with Crippen LogP contribution in [0.25, 0.3) is 0 Å². The van der Waals surface area contributed by atoms with Crippen LogP contribution in [0, 0.1) is 0 Å². The third kappa shape index (κ3) is 40.0. The van der Waals surface area contributed by atoms with Crippen molar-refractivity contribution >= 4 is 29.3 Å². The average Bonchev–Trinajstić information content (AvgIpc) is 3.24. The molecule has 5 atom stereocenters.